The number of hydrogen-bond donors (Lipinski definition) is 2. The van der Waals surface area contributed by atoms with Gasteiger partial charge in [0.2, 0.25) is 0 Å². The van der Waals surface area contributed by atoms with Gasteiger partial charge in [-0.2, -0.15) is 5.10 Å². The number of nitrogens with zero attached hydrogens (tertiary/aromatic N) is 5. The van der Waals surface area contributed by atoms with E-state index in [9.17, 15) is 0 Å². The molecule has 0 fully saturated rings. The Hall–Kier alpha value is -2.41. The molecule has 0 spiro atoms. The molecular formula is C15H22N6O. The molecule has 0 radical (unpaired) electrons. The molecule has 0 atom stereocenters. The van der Waals surface area contributed by atoms with Crippen molar-refractivity contribution in [2.24, 2.45) is 10.1 Å². The van der Waals surface area contributed by atoms with E-state index >= 15 is 0 Å². The number of aliphatic imine (C=N–C) groups is 1. The van der Waals surface area contributed by atoms with Gasteiger partial charge in [-0.05, 0) is 24.3 Å². The third-order valence-corrected chi connectivity index (χ3v) is 3.25. The minimum atomic E-state index is -0.0581. The number of hydrogen-bond acceptors (Lipinski definition) is 6. The summed E-state index contributed by atoms with van der Waals surface area (Å²) in [6, 6.07) is 7.79. The Labute approximate surface area is 130 Å². The Bertz CT molecular complexity index is 603. The molecule has 0 saturated carbocycles. The van der Waals surface area contributed by atoms with Crippen molar-refractivity contribution >= 4 is 28.8 Å². The molecule has 22 heavy (non-hydrogen) atoms. The maximum absolute atomic E-state index is 9.06. The number of anilines is 1. The van der Waals surface area contributed by atoms with Crippen LogP contribution < -0.4 is 4.90 Å². The molecule has 1 aliphatic rings. The van der Waals surface area contributed by atoms with Crippen LogP contribution in [0.1, 0.15) is 0 Å². The molecule has 1 aromatic rings. The van der Waals surface area contributed by atoms with Gasteiger partial charge in [0, 0.05) is 33.9 Å². The fourth-order valence-electron chi connectivity index (χ4n) is 2.05. The Morgan fingerprint density at radius 1 is 1.14 bits per heavy atom. The first-order valence-electron chi connectivity index (χ1n) is 7.03. The molecule has 0 amide bonds. The lowest BCUT2D eigenvalue weighted by Crippen LogP contribution is -2.33. The molecule has 1 heterocycles. The van der Waals surface area contributed by atoms with Gasteiger partial charge in [0.05, 0.1) is 18.8 Å². The van der Waals surface area contributed by atoms with Crippen LogP contribution in [0.4, 0.5) is 11.4 Å². The monoisotopic (exact) mass is 302 g/mol. The lowest BCUT2D eigenvalue weighted by Gasteiger charge is -2.13. The zero-order valence-electron chi connectivity index (χ0n) is 13.4. The number of β-amino-alcohol motifs (C(OH)–C–C–N with tert-alkyl or cyclic N) is 1. The summed E-state index contributed by atoms with van der Waals surface area (Å²) in [5, 5.41) is 23.0. The number of nitrogens with one attached hydrogen (secondary N) is 1. The second kappa shape index (κ2) is 6.57. The minimum Gasteiger partial charge on any atom is -0.394 e. The molecule has 0 unspecified atom stereocenters. The van der Waals surface area contributed by atoms with Crippen LogP contribution in [0.3, 0.4) is 0 Å². The second-order valence-electron chi connectivity index (χ2n) is 5.38. The lowest BCUT2D eigenvalue weighted by molar-refractivity contribution is 0.254. The number of amidine groups is 2. The molecule has 0 aromatic heterocycles. The maximum atomic E-state index is 9.06. The van der Waals surface area contributed by atoms with Crippen LogP contribution in [0, 0.1) is 5.41 Å². The van der Waals surface area contributed by atoms with Crippen molar-refractivity contribution in [3.05, 3.63) is 24.3 Å². The Morgan fingerprint density at radius 3 is 2.27 bits per heavy atom. The third kappa shape index (κ3) is 3.25. The van der Waals surface area contributed by atoms with Crippen molar-refractivity contribution in [2.75, 3.05) is 46.2 Å². The summed E-state index contributed by atoms with van der Waals surface area (Å²) in [6.07, 6.45) is 0. The minimum absolute atomic E-state index is 0.0581. The van der Waals surface area contributed by atoms with E-state index in [1.54, 1.807) is 0 Å². The molecule has 2 N–H and O–H groups in total. The van der Waals surface area contributed by atoms with Crippen molar-refractivity contribution < 1.29 is 5.11 Å². The molecule has 1 aromatic carbocycles. The van der Waals surface area contributed by atoms with E-state index in [1.165, 1.54) is 5.01 Å². The average Bonchev–Trinajstić information content (AvgIpc) is 2.78. The molecule has 7 nitrogen and oxygen atoms in total. The van der Waals surface area contributed by atoms with Crippen LogP contribution in [0.5, 0.6) is 0 Å². The highest BCUT2D eigenvalue weighted by atomic mass is 16.3. The Morgan fingerprint density at radius 2 is 1.77 bits per heavy atom. The molecular weight excluding hydrogens is 280 g/mol. The van der Waals surface area contributed by atoms with Gasteiger partial charge in [-0.1, -0.05) is 0 Å². The highest BCUT2D eigenvalue weighted by molar-refractivity contribution is 6.69. The van der Waals surface area contributed by atoms with Crippen LogP contribution in [-0.2, 0) is 0 Å². The Balaban J connectivity index is 2.32. The van der Waals surface area contributed by atoms with E-state index in [0.717, 1.165) is 11.4 Å². The quantitative estimate of drug-likeness (QED) is 0.869. The highest BCUT2D eigenvalue weighted by Crippen LogP contribution is 2.20. The number of aliphatic hydroxyl groups is 1. The van der Waals surface area contributed by atoms with Crippen molar-refractivity contribution in [1.82, 2.24) is 9.91 Å². The molecule has 1 aliphatic heterocycles. The molecule has 2 rings (SSSR count). The topological polar surface area (TPSA) is 78.5 Å². The van der Waals surface area contributed by atoms with E-state index in [-0.39, 0.29) is 19.0 Å². The van der Waals surface area contributed by atoms with Crippen molar-refractivity contribution in [1.29, 1.82) is 5.41 Å². The normalized spacial score (nSPS) is 16.2. The van der Waals surface area contributed by atoms with Crippen LogP contribution >= 0.6 is 0 Å². The van der Waals surface area contributed by atoms with Gasteiger partial charge in [-0.15, -0.1) is 0 Å². The maximum Gasteiger partial charge on any atom is 0.178 e. The predicted molar refractivity (Wildman–Crippen MR) is 90.5 cm³/mol. The second-order valence-corrected chi connectivity index (χ2v) is 5.38. The number of rotatable bonds is 4. The summed E-state index contributed by atoms with van der Waals surface area (Å²) < 4.78 is 0. The van der Waals surface area contributed by atoms with E-state index in [2.05, 4.69) is 10.1 Å². The van der Waals surface area contributed by atoms with E-state index in [1.807, 2.05) is 62.3 Å². The van der Waals surface area contributed by atoms with Crippen LogP contribution in [-0.4, -0.2) is 73.7 Å². The zero-order chi connectivity index (χ0) is 16.3. The zero-order valence-corrected chi connectivity index (χ0v) is 13.4. The van der Waals surface area contributed by atoms with E-state index in [0.29, 0.717) is 11.5 Å². The summed E-state index contributed by atoms with van der Waals surface area (Å²) in [5.74, 6) is 0.824. The van der Waals surface area contributed by atoms with Gasteiger partial charge in [0.25, 0.3) is 0 Å². The molecule has 0 aliphatic carbocycles. The fraction of sp³-hybridized carbons (Fsp3) is 0.400. The summed E-state index contributed by atoms with van der Waals surface area (Å²) in [4.78, 5) is 8.39. The van der Waals surface area contributed by atoms with Gasteiger partial charge in [0.1, 0.15) is 0 Å². The third-order valence-electron chi connectivity index (χ3n) is 3.25. The first kappa shape index (κ1) is 16.0. The van der Waals surface area contributed by atoms with Crippen LogP contribution in [0.2, 0.25) is 0 Å². The lowest BCUT2D eigenvalue weighted by atomic mass is 10.2. The summed E-state index contributed by atoms with van der Waals surface area (Å²) >= 11 is 0. The summed E-state index contributed by atoms with van der Waals surface area (Å²) in [7, 11) is 7.69. The first-order chi connectivity index (χ1) is 10.4. The smallest absolute Gasteiger partial charge is 0.178 e. The fourth-order valence-corrected chi connectivity index (χ4v) is 2.05. The van der Waals surface area contributed by atoms with Crippen molar-refractivity contribution in [3.63, 3.8) is 0 Å². The van der Waals surface area contributed by atoms with Gasteiger partial charge < -0.3 is 14.9 Å². The van der Waals surface area contributed by atoms with Crippen molar-refractivity contribution in [2.45, 2.75) is 0 Å². The van der Waals surface area contributed by atoms with Gasteiger partial charge >= 0.3 is 0 Å². The summed E-state index contributed by atoms with van der Waals surface area (Å²) in [6.45, 7) is 0.228. The van der Waals surface area contributed by atoms with Crippen LogP contribution in [0.15, 0.2) is 34.4 Å². The molecule has 118 valence electrons. The van der Waals surface area contributed by atoms with E-state index in [4.69, 9.17) is 10.5 Å². The average molecular weight is 302 g/mol. The van der Waals surface area contributed by atoms with Crippen molar-refractivity contribution in [3.8, 4) is 0 Å². The number of hydrazone groups is 1. The Kier molecular flexibility index (Phi) is 4.77. The number of aliphatic hydroxyl groups excluding tert-OH is 1. The first-order valence-corrected chi connectivity index (χ1v) is 7.03. The van der Waals surface area contributed by atoms with E-state index < -0.39 is 0 Å². The number of benzene rings is 1. The predicted octanol–water partition coefficient (Wildman–Crippen LogP) is 0.985. The van der Waals surface area contributed by atoms with Gasteiger partial charge in [0.15, 0.2) is 17.4 Å². The van der Waals surface area contributed by atoms with Crippen LogP contribution in [0.25, 0.3) is 0 Å². The molecule has 0 bridgehead atoms. The van der Waals surface area contributed by atoms with Gasteiger partial charge in [-0.3, -0.25) is 5.41 Å². The molecule has 7 heteroatoms. The SMILES string of the molecule is CN(C)C1=NN(CCO)C(=N)C1=Nc1ccc(N(C)C)cc1. The standard InChI is InChI=1S/C15H22N6O/c1-19(2)12-7-5-11(6-8-12)17-13-14(16)21(9-10-22)18-15(13)20(3)4/h5-8,16,22H,9-10H2,1-4H3. The highest BCUT2D eigenvalue weighted by Gasteiger charge is 2.29. The largest absolute Gasteiger partial charge is 0.394 e. The van der Waals surface area contributed by atoms with Gasteiger partial charge in [-0.25, -0.2) is 10.0 Å². The summed E-state index contributed by atoms with van der Waals surface area (Å²) in [5.41, 5.74) is 2.37. The molecule has 0 saturated heterocycles.